The van der Waals surface area contributed by atoms with E-state index in [4.69, 9.17) is 9.47 Å². The van der Waals surface area contributed by atoms with E-state index in [-0.39, 0.29) is 47.7 Å². The van der Waals surface area contributed by atoms with Crippen LogP contribution >= 0.6 is 0 Å². The monoisotopic (exact) mass is 546 g/mol. The van der Waals surface area contributed by atoms with Crippen molar-refractivity contribution in [2.45, 2.75) is 77.0 Å². The lowest BCUT2D eigenvalue weighted by Gasteiger charge is -2.29. The van der Waals surface area contributed by atoms with Gasteiger partial charge in [0.25, 0.3) is 0 Å². The van der Waals surface area contributed by atoms with Crippen molar-refractivity contribution >= 4 is 0 Å². The second-order valence-electron chi connectivity index (χ2n) is 10.2. The van der Waals surface area contributed by atoms with E-state index >= 15 is 4.39 Å². The van der Waals surface area contributed by atoms with Gasteiger partial charge >= 0.3 is 0 Å². The Morgan fingerprint density at radius 2 is 1.28 bits per heavy atom. The molecular weight excluding hydrogens is 511 g/mol. The number of unbranched alkanes of at least 4 members (excludes halogenated alkanes) is 1. The van der Waals surface area contributed by atoms with Crippen molar-refractivity contribution in [3.63, 3.8) is 0 Å². The van der Waals surface area contributed by atoms with Gasteiger partial charge in [0.05, 0.1) is 13.2 Å². The van der Waals surface area contributed by atoms with Gasteiger partial charge in [0.1, 0.15) is 5.82 Å². The zero-order valence-corrected chi connectivity index (χ0v) is 22.5. The Bertz CT molecular complexity index is 1270. The fourth-order valence-corrected chi connectivity index (χ4v) is 5.38. The van der Waals surface area contributed by atoms with Crippen molar-refractivity contribution in [2.75, 3.05) is 13.2 Å². The number of halogens is 5. The van der Waals surface area contributed by atoms with E-state index in [1.807, 2.05) is 13.0 Å². The Hall–Kier alpha value is -3.09. The molecule has 1 aliphatic carbocycles. The molecule has 2 nitrogen and oxygen atoms in total. The maximum atomic E-state index is 15.1. The molecule has 0 bridgehead atoms. The van der Waals surface area contributed by atoms with E-state index in [9.17, 15) is 17.6 Å². The summed E-state index contributed by atoms with van der Waals surface area (Å²) in [5, 5.41) is 0. The van der Waals surface area contributed by atoms with Gasteiger partial charge < -0.3 is 9.47 Å². The fraction of sp³-hybridized carbons (Fsp3) is 0.438. The van der Waals surface area contributed by atoms with Crippen LogP contribution in [0.1, 0.15) is 86.5 Å². The van der Waals surface area contributed by atoms with Crippen LogP contribution in [0.15, 0.2) is 42.5 Å². The van der Waals surface area contributed by atoms with Gasteiger partial charge in [-0.05, 0) is 104 Å². The summed E-state index contributed by atoms with van der Waals surface area (Å²) >= 11 is 0. The first-order chi connectivity index (χ1) is 18.8. The highest BCUT2D eigenvalue weighted by Gasteiger charge is 2.28. The molecule has 3 aromatic rings. The highest BCUT2D eigenvalue weighted by molar-refractivity contribution is 5.35. The molecular formula is C32H35F5O2. The predicted octanol–water partition coefficient (Wildman–Crippen LogP) is 9.19. The SMILES string of the molecule is CCCCOc1ccc(CCc2ccc(C3CCC(c4ccc(OCC)c(F)c4F)CC3)c(F)c2)c(F)c1F. The molecule has 0 saturated heterocycles. The van der Waals surface area contributed by atoms with Gasteiger partial charge in [0, 0.05) is 0 Å². The van der Waals surface area contributed by atoms with E-state index in [1.165, 1.54) is 24.3 Å². The third-order valence-corrected chi connectivity index (χ3v) is 7.61. The molecule has 3 aromatic carbocycles. The molecule has 7 heteroatoms. The van der Waals surface area contributed by atoms with Gasteiger partial charge in [-0.2, -0.15) is 8.78 Å². The van der Waals surface area contributed by atoms with E-state index < -0.39 is 23.3 Å². The number of benzene rings is 3. The standard InChI is InChI=1S/C32H35F5O2/c1-3-5-18-39-28-16-13-23(29(34)31(28)36)8-6-20-7-14-24(26(33)19-20)21-9-11-22(12-10-21)25-15-17-27(38-4-2)32(37)30(25)35/h7,13-17,19,21-22H,3-6,8-12,18H2,1-2H3. The average Bonchev–Trinajstić information content (AvgIpc) is 2.94. The summed E-state index contributed by atoms with van der Waals surface area (Å²) in [7, 11) is 0. The summed E-state index contributed by atoms with van der Waals surface area (Å²) in [5.74, 6) is -4.41. The van der Waals surface area contributed by atoms with Crippen LogP contribution in [0.2, 0.25) is 0 Å². The summed E-state index contributed by atoms with van der Waals surface area (Å²) in [6, 6.07) is 11.1. The topological polar surface area (TPSA) is 18.5 Å². The van der Waals surface area contributed by atoms with Crippen molar-refractivity contribution < 1.29 is 31.4 Å². The Morgan fingerprint density at radius 1 is 0.667 bits per heavy atom. The summed E-state index contributed by atoms with van der Waals surface area (Å²) in [6.07, 6.45) is 4.80. The molecule has 0 aliphatic heterocycles. The molecule has 0 radical (unpaired) electrons. The smallest absolute Gasteiger partial charge is 0.200 e. The van der Waals surface area contributed by atoms with Crippen molar-refractivity contribution in [1.82, 2.24) is 0 Å². The van der Waals surface area contributed by atoms with Gasteiger partial charge in [-0.15, -0.1) is 0 Å². The van der Waals surface area contributed by atoms with Crippen LogP contribution < -0.4 is 9.47 Å². The van der Waals surface area contributed by atoms with Crippen LogP contribution in [0.4, 0.5) is 22.0 Å². The lowest BCUT2D eigenvalue weighted by Crippen LogP contribution is -2.15. The second-order valence-corrected chi connectivity index (χ2v) is 10.2. The molecule has 0 atom stereocenters. The molecule has 1 saturated carbocycles. The molecule has 4 rings (SSSR count). The van der Waals surface area contributed by atoms with Gasteiger partial charge in [0.2, 0.25) is 11.6 Å². The molecule has 39 heavy (non-hydrogen) atoms. The van der Waals surface area contributed by atoms with Crippen LogP contribution in [0, 0.1) is 29.1 Å². The van der Waals surface area contributed by atoms with Gasteiger partial charge in [0.15, 0.2) is 23.1 Å². The lowest BCUT2D eigenvalue weighted by molar-refractivity contribution is 0.288. The average molecular weight is 547 g/mol. The van der Waals surface area contributed by atoms with Crippen LogP contribution in [0.3, 0.4) is 0 Å². The molecule has 210 valence electrons. The minimum Gasteiger partial charge on any atom is -0.491 e. The third kappa shape index (κ3) is 6.74. The zero-order chi connectivity index (χ0) is 27.9. The van der Waals surface area contributed by atoms with Gasteiger partial charge in [-0.25, -0.2) is 13.2 Å². The number of aryl methyl sites for hydroxylation is 2. The molecule has 0 heterocycles. The van der Waals surface area contributed by atoms with Crippen LogP contribution in [0.25, 0.3) is 0 Å². The zero-order valence-electron chi connectivity index (χ0n) is 22.5. The van der Waals surface area contributed by atoms with Gasteiger partial charge in [-0.3, -0.25) is 0 Å². The van der Waals surface area contributed by atoms with Crippen molar-refractivity contribution in [3.05, 3.63) is 93.8 Å². The highest BCUT2D eigenvalue weighted by Crippen LogP contribution is 2.43. The van der Waals surface area contributed by atoms with Crippen molar-refractivity contribution in [1.29, 1.82) is 0 Å². The van der Waals surface area contributed by atoms with E-state index in [0.29, 0.717) is 55.4 Å². The minimum atomic E-state index is -0.992. The number of ether oxygens (including phenoxy) is 2. The Morgan fingerprint density at radius 3 is 1.95 bits per heavy atom. The third-order valence-electron chi connectivity index (χ3n) is 7.61. The molecule has 0 N–H and O–H groups in total. The number of rotatable bonds is 11. The predicted molar refractivity (Wildman–Crippen MR) is 142 cm³/mol. The van der Waals surface area contributed by atoms with E-state index in [1.54, 1.807) is 19.1 Å². The van der Waals surface area contributed by atoms with Gasteiger partial charge in [-0.1, -0.05) is 37.6 Å². The summed E-state index contributed by atoms with van der Waals surface area (Å²) < 4.78 is 83.4. The van der Waals surface area contributed by atoms with E-state index in [2.05, 4.69) is 0 Å². The molecule has 0 amide bonds. The minimum absolute atomic E-state index is 0.0160. The van der Waals surface area contributed by atoms with Crippen LogP contribution in [0.5, 0.6) is 11.5 Å². The largest absolute Gasteiger partial charge is 0.491 e. The normalized spacial score (nSPS) is 17.3. The summed E-state index contributed by atoms with van der Waals surface area (Å²) in [5.41, 5.74) is 1.85. The lowest BCUT2D eigenvalue weighted by atomic mass is 9.75. The first-order valence-corrected chi connectivity index (χ1v) is 13.8. The first kappa shape index (κ1) is 28.9. The molecule has 0 aromatic heterocycles. The Labute approximate surface area is 227 Å². The quantitative estimate of drug-likeness (QED) is 0.176. The number of hydrogen-bond donors (Lipinski definition) is 0. The Kier molecular flexibility index (Phi) is 9.87. The van der Waals surface area contributed by atoms with Crippen LogP contribution in [-0.2, 0) is 12.8 Å². The summed E-state index contributed by atoms with van der Waals surface area (Å²) in [6.45, 7) is 4.28. The fourth-order valence-electron chi connectivity index (χ4n) is 5.38. The summed E-state index contributed by atoms with van der Waals surface area (Å²) in [4.78, 5) is 0. The van der Waals surface area contributed by atoms with Crippen molar-refractivity contribution in [2.24, 2.45) is 0 Å². The maximum absolute atomic E-state index is 15.1. The molecule has 0 spiro atoms. The second kappa shape index (κ2) is 13.3. The first-order valence-electron chi connectivity index (χ1n) is 13.8. The molecule has 1 fully saturated rings. The highest BCUT2D eigenvalue weighted by atomic mass is 19.2. The molecule has 0 unspecified atom stereocenters. The maximum Gasteiger partial charge on any atom is 0.200 e. The number of hydrogen-bond acceptors (Lipinski definition) is 2. The van der Waals surface area contributed by atoms with Crippen LogP contribution in [-0.4, -0.2) is 13.2 Å². The van der Waals surface area contributed by atoms with Crippen molar-refractivity contribution in [3.8, 4) is 11.5 Å². The van der Waals surface area contributed by atoms with E-state index in [0.717, 1.165) is 12.8 Å². The Balaban J connectivity index is 1.35. The molecule has 1 aliphatic rings.